The Morgan fingerprint density at radius 2 is 2.00 bits per heavy atom. The summed E-state index contributed by atoms with van der Waals surface area (Å²) in [4.78, 5) is 14.7. The van der Waals surface area contributed by atoms with Crippen molar-refractivity contribution in [3.63, 3.8) is 0 Å². The lowest BCUT2D eigenvalue weighted by molar-refractivity contribution is 0.0692. The number of likely N-dealkylation sites (tertiary alicyclic amines) is 1. The maximum atomic E-state index is 12.8. The van der Waals surface area contributed by atoms with Gasteiger partial charge < -0.3 is 14.7 Å². The van der Waals surface area contributed by atoms with E-state index in [1.54, 1.807) is 29.2 Å². The third kappa shape index (κ3) is 3.09. The first-order valence-electron chi connectivity index (χ1n) is 9.48. The molecule has 3 heterocycles. The molecule has 3 aliphatic rings. The minimum absolute atomic E-state index is 0.171. The number of nitrogens with one attached hydrogen (secondary N) is 1. The number of carbonyl (C=O) groups is 1. The lowest BCUT2D eigenvalue weighted by Crippen LogP contribution is -2.44. The third-order valence-corrected chi connectivity index (χ3v) is 6.82. The van der Waals surface area contributed by atoms with Gasteiger partial charge in [-0.3, -0.25) is 4.79 Å². The zero-order valence-electron chi connectivity index (χ0n) is 15.2. The summed E-state index contributed by atoms with van der Waals surface area (Å²) in [5.74, 6) is 1.22. The Hall–Kier alpha value is -2.68. The molecule has 9 heteroatoms. The Balaban J connectivity index is 1.35. The van der Waals surface area contributed by atoms with Gasteiger partial charge in [-0.25, -0.2) is 0 Å². The molecule has 8 nitrogen and oxygen atoms in total. The molecule has 146 valence electrons. The molecule has 2 aliphatic heterocycles. The Labute approximate surface area is 162 Å². The van der Waals surface area contributed by atoms with Crippen LogP contribution in [0.3, 0.4) is 0 Å². The summed E-state index contributed by atoms with van der Waals surface area (Å²) in [5, 5.41) is 7.08. The summed E-state index contributed by atoms with van der Waals surface area (Å²) in [6.07, 6.45) is 3.69. The number of anilines is 1. The molecule has 1 aromatic carbocycles. The number of para-hydroxylation sites is 1. The van der Waals surface area contributed by atoms with Gasteiger partial charge in [0.2, 0.25) is 0 Å². The molecule has 1 aromatic heterocycles. The average molecular weight is 400 g/mol. The number of nitrogens with zero attached hydrogens (tertiary/aromatic N) is 3. The van der Waals surface area contributed by atoms with E-state index < -0.39 is 10.0 Å². The Kier molecular flexibility index (Phi) is 4.01. The Bertz CT molecular complexity index is 1070. The van der Waals surface area contributed by atoms with Gasteiger partial charge in [-0.1, -0.05) is 17.3 Å². The van der Waals surface area contributed by atoms with Gasteiger partial charge in [-0.05, 0) is 37.8 Å². The van der Waals surface area contributed by atoms with Gasteiger partial charge >= 0.3 is 0 Å². The molecule has 2 fully saturated rings. The normalized spacial score (nSPS) is 23.5. The summed E-state index contributed by atoms with van der Waals surface area (Å²) in [5.41, 5.74) is 0.848. The molecule has 0 spiro atoms. The molecule has 0 radical (unpaired) electrons. The maximum absolute atomic E-state index is 12.8. The van der Waals surface area contributed by atoms with Crippen LogP contribution < -0.4 is 5.32 Å². The molecule has 0 bridgehead atoms. The number of amides is 1. The van der Waals surface area contributed by atoms with Crippen molar-refractivity contribution in [1.29, 1.82) is 0 Å². The van der Waals surface area contributed by atoms with Gasteiger partial charge in [-0.15, -0.1) is 4.40 Å². The summed E-state index contributed by atoms with van der Waals surface area (Å²) in [6.45, 7) is 1.01. The molecule has 28 heavy (non-hydrogen) atoms. The fourth-order valence-corrected chi connectivity index (χ4v) is 5.01. The van der Waals surface area contributed by atoms with Gasteiger partial charge in [0.25, 0.3) is 15.9 Å². The quantitative estimate of drug-likeness (QED) is 0.849. The first kappa shape index (κ1) is 17.4. The highest BCUT2D eigenvalue weighted by Gasteiger charge is 2.34. The molecule has 1 aliphatic carbocycles. The number of benzene rings is 1. The van der Waals surface area contributed by atoms with E-state index in [2.05, 4.69) is 14.9 Å². The van der Waals surface area contributed by atoms with Crippen LogP contribution in [0.4, 0.5) is 5.69 Å². The predicted octanol–water partition coefficient (Wildman–Crippen LogP) is 2.62. The van der Waals surface area contributed by atoms with Crippen molar-refractivity contribution >= 4 is 27.5 Å². The van der Waals surface area contributed by atoms with E-state index in [9.17, 15) is 13.2 Å². The summed E-state index contributed by atoms with van der Waals surface area (Å²) in [6, 6.07) is 8.45. The zero-order chi connectivity index (χ0) is 19.3. The smallest absolute Gasteiger partial charge is 0.286 e. The molecule has 1 saturated heterocycles. The van der Waals surface area contributed by atoms with Crippen molar-refractivity contribution in [2.45, 2.75) is 36.5 Å². The van der Waals surface area contributed by atoms with Crippen LogP contribution in [0.1, 0.15) is 47.8 Å². The summed E-state index contributed by atoms with van der Waals surface area (Å²) in [7, 11) is -3.74. The number of aromatic nitrogens is 1. The minimum Gasteiger partial charge on any atom is -0.360 e. The lowest BCUT2D eigenvalue weighted by atomic mass is 9.96. The highest BCUT2D eigenvalue weighted by molar-refractivity contribution is 7.90. The third-order valence-electron chi connectivity index (χ3n) is 5.47. The van der Waals surface area contributed by atoms with E-state index >= 15 is 0 Å². The van der Waals surface area contributed by atoms with Crippen LogP contribution in [0.2, 0.25) is 0 Å². The van der Waals surface area contributed by atoms with E-state index in [0.29, 0.717) is 36.2 Å². The second-order valence-electron chi connectivity index (χ2n) is 7.55. The van der Waals surface area contributed by atoms with E-state index in [1.807, 2.05) is 0 Å². The molecular weight excluding hydrogens is 380 g/mol. The number of carbonyl (C=O) groups excluding carboxylic acids is 1. The molecule has 1 atom stereocenters. The highest BCUT2D eigenvalue weighted by Crippen LogP contribution is 2.40. The molecular formula is C19H20N4O4S. The highest BCUT2D eigenvalue weighted by atomic mass is 32.2. The number of hydrogen-bond acceptors (Lipinski definition) is 6. The maximum Gasteiger partial charge on any atom is 0.286 e. The Morgan fingerprint density at radius 3 is 2.82 bits per heavy atom. The van der Waals surface area contributed by atoms with Crippen LogP contribution in [-0.4, -0.2) is 43.3 Å². The van der Waals surface area contributed by atoms with Crippen molar-refractivity contribution in [3.05, 3.63) is 41.8 Å². The van der Waals surface area contributed by atoms with E-state index in [1.165, 1.54) is 6.07 Å². The van der Waals surface area contributed by atoms with Crippen molar-refractivity contribution in [2.75, 3.05) is 18.4 Å². The molecule has 1 amide bonds. The first-order valence-corrected chi connectivity index (χ1v) is 10.9. The van der Waals surface area contributed by atoms with Gasteiger partial charge in [0.15, 0.2) is 5.69 Å². The van der Waals surface area contributed by atoms with Crippen molar-refractivity contribution in [1.82, 2.24) is 10.1 Å². The van der Waals surface area contributed by atoms with Crippen LogP contribution in [0.25, 0.3) is 0 Å². The largest absolute Gasteiger partial charge is 0.360 e. The fraction of sp³-hybridized carbons (Fsp3) is 0.421. The molecule has 5 rings (SSSR count). The van der Waals surface area contributed by atoms with Gasteiger partial charge in [0.05, 0.1) is 5.69 Å². The SMILES string of the molecule is O=C(c1cc(C2CC2)on1)N1CCC[C@@H](C2=NS(=O)(=O)c3ccccc3N2)C1. The number of rotatable bonds is 3. The number of sulfonamides is 1. The molecule has 1 saturated carbocycles. The standard InChI is InChI=1S/C19H20N4O4S/c24-19(15-10-16(27-21-15)12-7-8-12)23-9-3-4-13(11-23)18-20-14-5-1-2-6-17(14)28(25,26)22-18/h1-2,5-6,10,12-13H,3-4,7-9,11H2,(H,20,22)/t13-/m1/s1. The van der Waals surface area contributed by atoms with Crippen LogP contribution >= 0.6 is 0 Å². The number of fused-ring (bicyclic) bond motifs is 1. The number of amidine groups is 1. The van der Waals surface area contributed by atoms with Crippen molar-refractivity contribution < 1.29 is 17.7 Å². The van der Waals surface area contributed by atoms with Crippen molar-refractivity contribution in [2.24, 2.45) is 10.3 Å². The van der Waals surface area contributed by atoms with Crippen molar-refractivity contribution in [3.8, 4) is 0 Å². The fourth-order valence-electron chi connectivity index (χ4n) is 3.81. The monoisotopic (exact) mass is 400 g/mol. The van der Waals surface area contributed by atoms with Crippen LogP contribution in [-0.2, 0) is 10.0 Å². The minimum atomic E-state index is -3.74. The molecule has 2 aromatic rings. The number of piperidine rings is 1. The van der Waals surface area contributed by atoms with Crippen LogP contribution in [0, 0.1) is 5.92 Å². The average Bonchev–Trinajstić information content (AvgIpc) is 3.44. The topological polar surface area (TPSA) is 105 Å². The van der Waals surface area contributed by atoms with Gasteiger partial charge in [-0.2, -0.15) is 8.42 Å². The summed E-state index contributed by atoms with van der Waals surface area (Å²) >= 11 is 0. The number of hydrogen-bond donors (Lipinski definition) is 1. The Morgan fingerprint density at radius 1 is 1.18 bits per heavy atom. The summed E-state index contributed by atoms with van der Waals surface area (Å²) < 4.78 is 34.3. The van der Waals surface area contributed by atoms with E-state index in [4.69, 9.17) is 4.52 Å². The first-order chi connectivity index (χ1) is 13.5. The predicted molar refractivity (Wildman–Crippen MR) is 102 cm³/mol. The van der Waals surface area contributed by atoms with E-state index in [0.717, 1.165) is 31.4 Å². The van der Waals surface area contributed by atoms with Gasteiger partial charge in [0.1, 0.15) is 16.5 Å². The molecule has 1 N–H and O–H groups in total. The van der Waals surface area contributed by atoms with E-state index in [-0.39, 0.29) is 16.7 Å². The van der Waals surface area contributed by atoms with Gasteiger partial charge in [0, 0.05) is 31.0 Å². The van der Waals surface area contributed by atoms with Crippen LogP contribution in [0.15, 0.2) is 44.1 Å². The lowest BCUT2D eigenvalue weighted by Gasteiger charge is -2.34. The second kappa shape index (κ2) is 6.44. The zero-order valence-corrected chi connectivity index (χ0v) is 16.0. The van der Waals surface area contributed by atoms with Crippen LogP contribution in [0.5, 0.6) is 0 Å². The molecule has 0 unspecified atom stereocenters. The second-order valence-corrected chi connectivity index (χ2v) is 9.12.